The van der Waals surface area contributed by atoms with Gasteiger partial charge in [-0.3, -0.25) is 0 Å². The Hall–Kier alpha value is -1.72. The summed E-state index contributed by atoms with van der Waals surface area (Å²) >= 11 is 0. The lowest BCUT2D eigenvalue weighted by atomic mass is 10.3. The van der Waals surface area contributed by atoms with Crippen molar-refractivity contribution in [2.75, 3.05) is 25.0 Å². The molecular formula is C14H20N4O. The zero-order chi connectivity index (χ0) is 13.7. The molecule has 2 rings (SSSR count). The minimum absolute atomic E-state index is 0.317. The van der Waals surface area contributed by atoms with E-state index in [-0.39, 0.29) is 6.10 Å². The van der Waals surface area contributed by atoms with Gasteiger partial charge in [-0.15, -0.1) is 0 Å². The van der Waals surface area contributed by atoms with Crippen LogP contribution in [0.5, 0.6) is 0 Å². The van der Waals surface area contributed by atoms with Crippen molar-refractivity contribution >= 4 is 16.9 Å². The summed E-state index contributed by atoms with van der Waals surface area (Å²) < 4.78 is 0. The summed E-state index contributed by atoms with van der Waals surface area (Å²) in [5.74, 6) is 0.817. The molecule has 2 aromatic rings. The summed E-state index contributed by atoms with van der Waals surface area (Å²) in [5.41, 5.74) is 2.71. The molecule has 19 heavy (non-hydrogen) atoms. The van der Waals surface area contributed by atoms with Gasteiger partial charge in [-0.05, 0) is 26.0 Å². The molecule has 0 saturated carbocycles. The van der Waals surface area contributed by atoms with Crippen molar-refractivity contribution in [3.8, 4) is 0 Å². The minimum Gasteiger partial charge on any atom is -0.392 e. The first-order chi connectivity index (χ1) is 9.16. The molecule has 0 fully saturated rings. The lowest BCUT2D eigenvalue weighted by Gasteiger charge is -2.10. The van der Waals surface area contributed by atoms with Crippen LogP contribution >= 0.6 is 0 Å². The van der Waals surface area contributed by atoms with E-state index in [4.69, 9.17) is 5.11 Å². The second-order valence-corrected chi connectivity index (χ2v) is 4.63. The summed E-state index contributed by atoms with van der Waals surface area (Å²) in [6.07, 6.45) is -0.317. The van der Waals surface area contributed by atoms with E-state index in [0.29, 0.717) is 6.54 Å². The quantitative estimate of drug-likeness (QED) is 0.683. The topological polar surface area (TPSA) is 70.1 Å². The van der Waals surface area contributed by atoms with Gasteiger partial charge in [0.2, 0.25) is 0 Å². The number of aromatic nitrogens is 2. The number of benzene rings is 1. The van der Waals surface area contributed by atoms with Gasteiger partial charge in [0.1, 0.15) is 5.82 Å². The first kappa shape index (κ1) is 13.7. The Balaban J connectivity index is 1.95. The normalized spacial score (nSPS) is 12.6. The SMILES string of the molecule is Cc1nc2ccccc2nc1NCCNCC(C)O. The zero-order valence-electron chi connectivity index (χ0n) is 11.3. The van der Waals surface area contributed by atoms with Gasteiger partial charge in [-0.25, -0.2) is 9.97 Å². The number of aryl methyl sites for hydroxylation is 1. The van der Waals surface area contributed by atoms with Gasteiger partial charge in [0, 0.05) is 19.6 Å². The highest BCUT2D eigenvalue weighted by Gasteiger charge is 2.03. The van der Waals surface area contributed by atoms with Crippen molar-refractivity contribution in [1.82, 2.24) is 15.3 Å². The maximum atomic E-state index is 9.13. The Kier molecular flexibility index (Phi) is 4.65. The fourth-order valence-corrected chi connectivity index (χ4v) is 1.84. The van der Waals surface area contributed by atoms with Gasteiger partial charge >= 0.3 is 0 Å². The van der Waals surface area contributed by atoms with Gasteiger partial charge in [-0.2, -0.15) is 0 Å². The number of nitrogens with one attached hydrogen (secondary N) is 2. The molecule has 0 aliphatic heterocycles. The highest BCUT2D eigenvalue weighted by molar-refractivity contribution is 5.76. The smallest absolute Gasteiger partial charge is 0.148 e. The maximum absolute atomic E-state index is 9.13. The summed E-state index contributed by atoms with van der Waals surface area (Å²) in [6, 6.07) is 7.84. The van der Waals surface area contributed by atoms with E-state index in [1.54, 1.807) is 6.92 Å². The minimum atomic E-state index is -0.317. The maximum Gasteiger partial charge on any atom is 0.148 e. The van der Waals surface area contributed by atoms with E-state index in [0.717, 1.165) is 35.6 Å². The highest BCUT2D eigenvalue weighted by Crippen LogP contribution is 2.15. The van der Waals surface area contributed by atoms with Crippen LogP contribution in [-0.4, -0.2) is 40.8 Å². The summed E-state index contributed by atoms with van der Waals surface area (Å²) in [6.45, 7) is 5.84. The second-order valence-electron chi connectivity index (χ2n) is 4.63. The van der Waals surface area contributed by atoms with Crippen LogP contribution in [0.3, 0.4) is 0 Å². The molecule has 1 heterocycles. The first-order valence-electron chi connectivity index (χ1n) is 6.53. The second kappa shape index (κ2) is 6.45. The van der Waals surface area contributed by atoms with Crippen LogP contribution in [0.25, 0.3) is 11.0 Å². The number of para-hydroxylation sites is 2. The Labute approximate surface area is 113 Å². The lowest BCUT2D eigenvalue weighted by molar-refractivity contribution is 0.192. The number of fused-ring (bicyclic) bond motifs is 1. The van der Waals surface area contributed by atoms with Gasteiger partial charge in [0.05, 0.1) is 22.8 Å². The summed E-state index contributed by atoms with van der Waals surface area (Å²) in [7, 11) is 0. The number of nitrogens with zero attached hydrogens (tertiary/aromatic N) is 2. The average Bonchev–Trinajstić information content (AvgIpc) is 2.38. The molecule has 0 spiro atoms. The van der Waals surface area contributed by atoms with Crippen LogP contribution < -0.4 is 10.6 Å². The van der Waals surface area contributed by atoms with Crippen LogP contribution in [-0.2, 0) is 0 Å². The van der Waals surface area contributed by atoms with Crippen LogP contribution in [0.15, 0.2) is 24.3 Å². The molecule has 5 nitrogen and oxygen atoms in total. The fourth-order valence-electron chi connectivity index (χ4n) is 1.84. The van der Waals surface area contributed by atoms with Crippen molar-refractivity contribution in [1.29, 1.82) is 0 Å². The number of aliphatic hydroxyl groups is 1. The molecule has 0 aliphatic rings. The third-order valence-electron chi connectivity index (χ3n) is 2.78. The van der Waals surface area contributed by atoms with Crippen LogP contribution in [0.2, 0.25) is 0 Å². The van der Waals surface area contributed by atoms with E-state index < -0.39 is 0 Å². The Bertz CT molecular complexity index is 542. The summed E-state index contributed by atoms with van der Waals surface area (Å²) in [5, 5.41) is 15.5. The van der Waals surface area contributed by atoms with E-state index in [1.807, 2.05) is 31.2 Å². The molecule has 0 saturated heterocycles. The van der Waals surface area contributed by atoms with E-state index in [2.05, 4.69) is 20.6 Å². The molecule has 1 unspecified atom stereocenters. The van der Waals surface area contributed by atoms with Gasteiger partial charge in [0.15, 0.2) is 0 Å². The standard InChI is InChI=1S/C14H20N4O/c1-10(19)9-15-7-8-16-14-11(2)17-12-5-3-4-6-13(12)18-14/h3-6,10,15,19H,7-9H2,1-2H3,(H,16,18). The molecule has 0 aliphatic carbocycles. The van der Waals surface area contributed by atoms with Crippen molar-refractivity contribution in [2.24, 2.45) is 0 Å². The number of hydrogen-bond donors (Lipinski definition) is 3. The predicted molar refractivity (Wildman–Crippen MR) is 77.3 cm³/mol. The predicted octanol–water partition coefficient (Wildman–Crippen LogP) is 1.32. The molecule has 1 aromatic carbocycles. The molecule has 5 heteroatoms. The van der Waals surface area contributed by atoms with Gasteiger partial charge < -0.3 is 15.7 Å². The molecule has 102 valence electrons. The van der Waals surface area contributed by atoms with Gasteiger partial charge in [-0.1, -0.05) is 12.1 Å². The van der Waals surface area contributed by atoms with Crippen molar-refractivity contribution < 1.29 is 5.11 Å². The molecule has 0 bridgehead atoms. The third-order valence-corrected chi connectivity index (χ3v) is 2.78. The molecule has 1 aromatic heterocycles. The van der Waals surface area contributed by atoms with Crippen LogP contribution in [0.4, 0.5) is 5.82 Å². The first-order valence-corrected chi connectivity index (χ1v) is 6.53. The van der Waals surface area contributed by atoms with Crippen molar-refractivity contribution in [3.05, 3.63) is 30.0 Å². The molecule has 3 N–H and O–H groups in total. The lowest BCUT2D eigenvalue weighted by Crippen LogP contribution is -2.29. The fraction of sp³-hybridized carbons (Fsp3) is 0.429. The van der Waals surface area contributed by atoms with Crippen LogP contribution in [0, 0.1) is 6.92 Å². The highest BCUT2D eigenvalue weighted by atomic mass is 16.3. The monoisotopic (exact) mass is 260 g/mol. The van der Waals surface area contributed by atoms with Crippen molar-refractivity contribution in [2.45, 2.75) is 20.0 Å². The molecular weight excluding hydrogens is 240 g/mol. The van der Waals surface area contributed by atoms with Crippen molar-refractivity contribution in [3.63, 3.8) is 0 Å². The van der Waals surface area contributed by atoms with Crippen LogP contribution in [0.1, 0.15) is 12.6 Å². The molecule has 1 atom stereocenters. The Morgan fingerprint density at radius 2 is 1.84 bits per heavy atom. The zero-order valence-corrected chi connectivity index (χ0v) is 11.3. The summed E-state index contributed by atoms with van der Waals surface area (Å²) in [4.78, 5) is 9.07. The Morgan fingerprint density at radius 1 is 1.16 bits per heavy atom. The average molecular weight is 260 g/mol. The number of rotatable bonds is 6. The number of anilines is 1. The van der Waals surface area contributed by atoms with E-state index in [9.17, 15) is 0 Å². The van der Waals surface area contributed by atoms with E-state index in [1.165, 1.54) is 0 Å². The molecule has 0 amide bonds. The largest absolute Gasteiger partial charge is 0.392 e. The number of hydrogen-bond acceptors (Lipinski definition) is 5. The Morgan fingerprint density at radius 3 is 2.53 bits per heavy atom. The molecule has 0 radical (unpaired) electrons. The number of aliphatic hydroxyl groups excluding tert-OH is 1. The van der Waals surface area contributed by atoms with E-state index >= 15 is 0 Å². The third kappa shape index (κ3) is 3.87. The van der Waals surface area contributed by atoms with Gasteiger partial charge in [0.25, 0.3) is 0 Å².